The Hall–Kier alpha value is -1.42. The molecule has 2 aliphatic heterocycles. The van der Waals surface area contributed by atoms with Crippen molar-refractivity contribution in [2.75, 3.05) is 19.8 Å². The molecule has 0 unspecified atom stereocenters. The third kappa shape index (κ3) is 5.02. The summed E-state index contributed by atoms with van der Waals surface area (Å²) in [7, 11) is 0. The van der Waals surface area contributed by atoms with Crippen molar-refractivity contribution in [3.63, 3.8) is 0 Å². The minimum Gasteiger partial charge on any atom is -0.460 e. The lowest BCUT2D eigenvalue weighted by molar-refractivity contribution is -0.383. The molecule has 0 radical (unpaired) electrons. The van der Waals surface area contributed by atoms with E-state index in [1.807, 2.05) is 0 Å². The molecule has 0 aromatic rings. The molecule has 0 bridgehead atoms. The molecular weight excluding hydrogens is 400 g/mol. The van der Waals surface area contributed by atoms with Gasteiger partial charge in [-0.05, 0) is 0 Å². The Balaban J connectivity index is 2.37. The third-order valence-corrected chi connectivity index (χ3v) is 4.59. The maximum absolute atomic E-state index is 11.5. The van der Waals surface area contributed by atoms with Crippen molar-refractivity contribution in [3.8, 4) is 0 Å². The first kappa shape index (κ1) is 23.9. The highest BCUT2D eigenvalue weighted by Gasteiger charge is 2.61. The van der Waals surface area contributed by atoms with Crippen molar-refractivity contribution >= 4 is 11.9 Å². The van der Waals surface area contributed by atoms with Crippen LogP contribution in [0.5, 0.6) is 0 Å². The Morgan fingerprint density at radius 3 is 2.03 bits per heavy atom. The molecule has 168 valence electrons. The molecule has 0 amide bonds. The van der Waals surface area contributed by atoms with Gasteiger partial charge in [0.1, 0.15) is 43.2 Å². The molecule has 0 aromatic carbocycles. The fraction of sp³-hybridized carbons (Fsp3) is 0.875. The Bertz CT molecular complexity index is 583. The Kier molecular flexibility index (Phi) is 7.89. The van der Waals surface area contributed by atoms with E-state index in [4.69, 9.17) is 23.7 Å². The summed E-state index contributed by atoms with van der Waals surface area (Å²) in [5.41, 5.74) is 0. The highest BCUT2D eigenvalue weighted by atomic mass is 16.8. The SMILES string of the molecule is CC(=O)OC[C@@]1(O[C@H]2O[C@H](CO)[C@@H](O)[C@H](O)[C@H]2O)O[C@H](CO)[C@@H](O)[C@@H]1OC(C)=O. The molecule has 13 heteroatoms. The standard InChI is InChI=1S/C16H26O13/c1-6(19)25-5-16(14(26-7(2)20)11(22)9(4-18)28-16)29-15-13(24)12(23)10(21)8(3-17)27-15/h8-15,17-18,21-24H,3-5H2,1-2H3/t8-,9-,10-,11-,12+,13-,14+,15-,16+/m1/s1. The fourth-order valence-electron chi connectivity index (χ4n) is 3.14. The molecule has 2 rings (SSSR count). The predicted molar refractivity (Wildman–Crippen MR) is 87.7 cm³/mol. The van der Waals surface area contributed by atoms with Crippen molar-refractivity contribution in [2.24, 2.45) is 0 Å². The topological polar surface area (TPSA) is 202 Å². The van der Waals surface area contributed by atoms with Crippen molar-refractivity contribution < 1.29 is 63.9 Å². The van der Waals surface area contributed by atoms with E-state index in [0.29, 0.717) is 0 Å². The van der Waals surface area contributed by atoms with Gasteiger partial charge >= 0.3 is 11.9 Å². The van der Waals surface area contributed by atoms with Gasteiger partial charge in [0.25, 0.3) is 0 Å². The summed E-state index contributed by atoms with van der Waals surface area (Å²) in [6.45, 7) is -0.111. The molecule has 2 fully saturated rings. The lowest BCUT2D eigenvalue weighted by atomic mass is 9.99. The van der Waals surface area contributed by atoms with E-state index in [-0.39, 0.29) is 0 Å². The number of ether oxygens (including phenoxy) is 5. The lowest BCUT2D eigenvalue weighted by Gasteiger charge is -2.43. The van der Waals surface area contributed by atoms with Crippen molar-refractivity contribution in [2.45, 2.75) is 68.7 Å². The first-order chi connectivity index (χ1) is 13.6. The average molecular weight is 426 g/mol. The van der Waals surface area contributed by atoms with Gasteiger partial charge in [-0.3, -0.25) is 9.59 Å². The zero-order valence-corrected chi connectivity index (χ0v) is 15.8. The van der Waals surface area contributed by atoms with Crippen LogP contribution in [-0.2, 0) is 33.3 Å². The largest absolute Gasteiger partial charge is 0.460 e. The number of carbonyl (C=O) groups is 2. The molecule has 0 saturated carbocycles. The van der Waals surface area contributed by atoms with Gasteiger partial charge in [-0.2, -0.15) is 0 Å². The molecule has 0 aliphatic carbocycles. The van der Waals surface area contributed by atoms with Gasteiger partial charge in [-0.15, -0.1) is 0 Å². The molecule has 2 aliphatic rings. The number of aliphatic hydroxyl groups is 6. The number of esters is 2. The van der Waals surface area contributed by atoms with Crippen LogP contribution in [0.4, 0.5) is 0 Å². The summed E-state index contributed by atoms with van der Waals surface area (Å²) in [5.74, 6) is -3.88. The second kappa shape index (κ2) is 9.59. The van der Waals surface area contributed by atoms with Crippen LogP contribution in [0.3, 0.4) is 0 Å². The minimum atomic E-state index is -2.24. The van der Waals surface area contributed by atoms with Crippen LogP contribution in [0, 0.1) is 0 Å². The molecule has 29 heavy (non-hydrogen) atoms. The van der Waals surface area contributed by atoms with E-state index in [1.165, 1.54) is 0 Å². The van der Waals surface area contributed by atoms with Crippen LogP contribution in [0.15, 0.2) is 0 Å². The van der Waals surface area contributed by atoms with Gasteiger partial charge in [-0.1, -0.05) is 0 Å². The Morgan fingerprint density at radius 2 is 1.52 bits per heavy atom. The smallest absolute Gasteiger partial charge is 0.303 e. The normalized spacial score (nSPS) is 42.5. The second-order valence-electron chi connectivity index (χ2n) is 6.77. The molecule has 13 nitrogen and oxygen atoms in total. The van der Waals surface area contributed by atoms with Gasteiger partial charge in [0.15, 0.2) is 12.4 Å². The molecule has 6 N–H and O–H groups in total. The number of carbonyl (C=O) groups excluding carboxylic acids is 2. The Morgan fingerprint density at radius 1 is 0.897 bits per heavy atom. The van der Waals surface area contributed by atoms with Crippen molar-refractivity contribution in [1.29, 1.82) is 0 Å². The fourth-order valence-corrected chi connectivity index (χ4v) is 3.14. The van der Waals surface area contributed by atoms with E-state index in [9.17, 15) is 40.2 Å². The first-order valence-corrected chi connectivity index (χ1v) is 8.82. The quantitative estimate of drug-likeness (QED) is 0.214. The van der Waals surface area contributed by atoms with E-state index < -0.39 is 86.6 Å². The van der Waals surface area contributed by atoms with Crippen LogP contribution in [0.2, 0.25) is 0 Å². The Labute approximate surface area is 165 Å². The zero-order chi connectivity index (χ0) is 21.9. The summed E-state index contributed by atoms with van der Waals surface area (Å²) >= 11 is 0. The van der Waals surface area contributed by atoms with Gasteiger partial charge in [0.2, 0.25) is 5.79 Å². The van der Waals surface area contributed by atoms with E-state index in [0.717, 1.165) is 13.8 Å². The summed E-state index contributed by atoms with van der Waals surface area (Å²) in [6.07, 6.45) is -12.9. The van der Waals surface area contributed by atoms with E-state index in [1.54, 1.807) is 0 Å². The maximum atomic E-state index is 11.5. The summed E-state index contributed by atoms with van der Waals surface area (Å²) in [6, 6.07) is 0. The van der Waals surface area contributed by atoms with E-state index in [2.05, 4.69) is 0 Å². The van der Waals surface area contributed by atoms with Gasteiger partial charge in [0.05, 0.1) is 13.2 Å². The van der Waals surface area contributed by atoms with Gasteiger partial charge in [-0.25, -0.2) is 0 Å². The molecule has 9 atom stereocenters. The monoisotopic (exact) mass is 426 g/mol. The molecule has 2 saturated heterocycles. The van der Waals surface area contributed by atoms with Crippen LogP contribution < -0.4 is 0 Å². The number of rotatable bonds is 7. The third-order valence-electron chi connectivity index (χ3n) is 4.59. The van der Waals surface area contributed by atoms with Crippen LogP contribution in [0.25, 0.3) is 0 Å². The van der Waals surface area contributed by atoms with E-state index >= 15 is 0 Å². The highest BCUT2D eigenvalue weighted by molar-refractivity contribution is 5.67. The zero-order valence-electron chi connectivity index (χ0n) is 15.8. The average Bonchev–Trinajstić information content (AvgIpc) is 2.92. The molecule has 2 heterocycles. The molecular formula is C16H26O13. The maximum Gasteiger partial charge on any atom is 0.303 e. The van der Waals surface area contributed by atoms with Crippen molar-refractivity contribution in [1.82, 2.24) is 0 Å². The summed E-state index contributed by atoms with van der Waals surface area (Å²) in [5, 5.41) is 59.1. The van der Waals surface area contributed by atoms with Crippen LogP contribution in [-0.4, -0.2) is 117 Å². The lowest BCUT2D eigenvalue weighted by Crippen LogP contribution is -2.63. The van der Waals surface area contributed by atoms with Crippen LogP contribution in [0.1, 0.15) is 13.8 Å². The summed E-state index contributed by atoms with van der Waals surface area (Å²) in [4.78, 5) is 22.8. The van der Waals surface area contributed by atoms with Gasteiger partial charge in [0, 0.05) is 13.8 Å². The van der Waals surface area contributed by atoms with Gasteiger partial charge < -0.3 is 54.3 Å². The minimum absolute atomic E-state index is 0.723. The van der Waals surface area contributed by atoms with Crippen molar-refractivity contribution in [3.05, 3.63) is 0 Å². The second-order valence-corrected chi connectivity index (χ2v) is 6.77. The molecule has 0 spiro atoms. The predicted octanol–water partition coefficient (Wildman–Crippen LogP) is -4.25. The highest BCUT2D eigenvalue weighted by Crippen LogP contribution is 2.38. The van der Waals surface area contributed by atoms with Crippen LogP contribution >= 0.6 is 0 Å². The number of aliphatic hydroxyl groups excluding tert-OH is 6. The summed E-state index contributed by atoms with van der Waals surface area (Å²) < 4.78 is 26.2. The first-order valence-electron chi connectivity index (χ1n) is 8.82. The number of hydrogen-bond donors (Lipinski definition) is 6. The molecule has 0 aromatic heterocycles. The number of hydrogen-bond acceptors (Lipinski definition) is 13.